The van der Waals surface area contributed by atoms with E-state index in [-0.39, 0.29) is 5.88 Å². The zero-order valence-electron chi connectivity index (χ0n) is 7.05. The third-order valence-electron chi connectivity index (χ3n) is 1.77. The Balaban J connectivity index is 2.89. The van der Waals surface area contributed by atoms with Crippen molar-refractivity contribution in [3.05, 3.63) is 35.4 Å². The van der Waals surface area contributed by atoms with Crippen LogP contribution in [0.2, 0.25) is 0 Å². The first-order chi connectivity index (χ1) is 6.45. The van der Waals surface area contributed by atoms with Gasteiger partial charge in [0, 0.05) is 0 Å². The molecule has 1 rings (SSSR count). The molecular weight excluding hydrogens is 217 g/mol. The molecule has 0 radical (unpaired) electrons. The van der Waals surface area contributed by atoms with Crippen molar-refractivity contribution in [3.8, 4) is 0 Å². The molecule has 0 fully saturated rings. The Kier molecular flexibility index (Phi) is 3.39. The van der Waals surface area contributed by atoms with Crippen molar-refractivity contribution in [2.45, 2.75) is 12.3 Å². The summed E-state index contributed by atoms with van der Waals surface area (Å²) in [5, 5.41) is 9.21. The van der Waals surface area contributed by atoms with Crippen molar-refractivity contribution in [2.24, 2.45) is 0 Å². The van der Waals surface area contributed by atoms with Gasteiger partial charge in [-0.05, 0) is 17.7 Å². The molecule has 1 aromatic carbocycles. The quantitative estimate of drug-likeness (QED) is 0.766. The highest BCUT2D eigenvalue weighted by atomic mass is 35.5. The number of aliphatic hydroxyl groups is 1. The number of alkyl halides is 4. The lowest BCUT2D eigenvalue weighted by atomic mass is 10.1. The lowest BCUT2D eigenvalue weighted by molar-refractivity contribution is -0.137. The van der Waals surface area contributed by atoms with E-state index in [9.17, 15) is 18.3 Å². The van der Waals surface area contributed by atoms with Gasteiger partial charge in [-0.15, -0.1) is 11.6 Å². The van der Waals surface area contributed by atoms with E-state index < -0.39 is 17.8 Å². The summed E-state index contributed by atoms with van der Waals surface area (Å²) in [6, 6.07) is 4.28. The van der Waals surface area contributed by atoms with Crippen molar-refractivity contribution in [1.82, 2.24) is 0 Å². The molecule has 0 spiro atoms. The van der Waals surface area contributed by atoms with E-state index in [0.29, 0.717) is 5.56 Å². The lowest BCUT2D eigenvalue weighted by Gasteiger charge is -2.09. The van der Waals surface area contributed by atoms with Gasteiger partial charge in [0.05, 0.1) is 17.5 Å². The number of hydrogen-bond donors (Lipinski definition) is 1. The maximum absolute atomic E-state index is 12.1. The fraction of sp³-hybridized carbons (Fsp3) is 0.333. The zero-order valence-corrected chi connectivity index (χ0v) is 7.81. The molecule has 0 amide bonds. The van der Waals surface area contributed by atoms with Crippen LogP contribution in [0.1, 0.15) is 17.2 Å². The summed E-state index contributed by atoms with van der Waals surface area (Å²) in [6.45, 7) is 0. The van der Waals surface area contributed by atoms with Crippen LogP contribution in [0.15, 0.2) is 24.3 Å². The second-order valence-corrected chi connectivity index (χ2v) is 3.10. The summed E-state index contributed by atoms with van der Waals surface area (Å²) in [6.07, 6.45) is -5.26. The largest absolute Gasteiger partial charge is 0.416 e. The van der Waals surface area contributed by atoms with Crippen LogP contribution in [0.4, 0.5) is 13.2 Å². The normalized spacial score (nSPS) is 14.1. The van der Waals surface area contributed by atoms with Gasteiger partial charge in [-0.1, -0.05) is 12.1 Å². The number of hydrogen-bond acceptors (Lipinski definition) is 1. The minimum atomic E-state index is -4.34. The second-order valence-electron chi connectivity index (χ2n) is 2.79. The molecule has 14 heavy (non-hydrogen) atoms. The summed E-state index contributed by atoms with van der Waals surface area (Å²) in [4.78, 5) is 0. The van der Waals surface area contributed by atoms with Crippen LogP contribution in [0.5, 0.6) is 0 Å². The van der Waals surface area contributed by atoms with Crippen LogP contribution in [0.25, 0.3) is 0 Å². The first kappa shape index (κ1) is 11.3. The molecule has 0 aliphatic carbocycles. The highest BCUT2D eigenvalue weighted by molar-refractivity contribution is 6.18. The predicted octanol–water partition coefficient (Wildman–Crippen LogP) is 2.98. The Morgan fingerprint density at radius 3 is 2.07 bits per heavy atom. The molecule has 1 N–H and O–H groups in total. The molecule has 0 aliphatic heterocycles. The Morgan fingerprint density at radius 1 is 1.21 bits per heavy atom. The van der Waals surface area contributed by atoms with E-state index in [0.717, 1.165) is 12.1 Å². The van der Waals surface area contributed by atoms with Gasteiger partial charge in [0.15, 0.2) is 0 Å². The number of halogens is 4. The van der Waals surface area contributed by atoms with E-state index in [4.69, 9.17) is 11.6 Å². The third kappa shape index (κ3) is 2.62. The van der Waals surface area contributed by atoms with Crippen LogP contribution in [-0.4, -0.2) is 11.0 Å². The summed E-state index contributed by atoms with van der Waals surface area (Å²) in [5.41, 5.74) is -0.351. The first-order valence-corrected chi connectivity index (χ1v) is 4.40. The van der Waals surface area contributed by atoms with Crippen molar-refractivity contribution in [2.75, 3.05) is 5.88 Å². The highest BCUT2D eigenvalue weighted by Crippen LogP contribution is 2.29. The summed E-state index contributed by atoms with van der Waals surface area (Å²) >= 11 is 5.34. The van der Waals surface area contributed by atoms with E-state index in [1.807, 2.05) is 0 Å². The molecule has 0 bridgehead atoms. The second kappa shape index (κ2) is 4.19. The number of aliphatic hydroxyl groups excluding tert-OH is 1. The maximum Gasteiger partial charge on any atom is 0.416 e. The van der Waals surface area contributed by atoms with Crippen molar-refractivity contribution in [3.63, 3.8) is 0 Å². The van der Waals surface area contributed by atoms with Gasteiger partial charge < -0.3 is 5.11 Å². The van der Waals surface area contributed by atoms with E-state index in [1.54, 1.807) is 0 Å². The van der Waals surface area contributed by atoms with Gasteiger partial charge >= 0.3 is 6.18 Å². The van der Waals surface area contributed by atoms with Crippen LogP contribution < -0.4 is 0 Å². The SMILES string of the molecule is OC(CCl)c1ccc(C(F)(F)F)cc1. The topological polar surface area (TPSA) is 20.2 Å². The zero-order chi connectivity index (χ0) is 10.8. The molecule has 5 heteroatoms. The third-order valence-corrected chi connectivity index (χ3v) is 2.06. The van der Waals surface area contributed by atoms with Crippen LogP contribution in [0, 0.1) is 0 Å². The molecule has 1 nitrogen and oxygen atoms in total. The fourth-order valence-electron chi connectivity index (χ4n) is 0.983. The Hall–Kier alpha value is -0.740. The molecule has 78 valence electrons. The molecule has 0 aromatic heterocycles. The number of benzene rings is 1. The van der Waals surface area contributed by atoms with Crippen molar-refractivity contribution >= 4 is 11.6 Å². The van der Waals surface area contributed by atoms with E-state index >= 15 is 0 Å². The smallest absolute Gasteiger partial charge is 0.387 e. The number of rotatable bonds is 2. The molecule has 0 aliphatic rings. The molecule has 0 saturated heterocycles. The Bertz CT molecular complexity index is 294. The summed E-state index contributed by atoms with van der Waals surface area (Å²) in [5.74, 6) is -0.0363. The van der Waals surface area contributed by atoms with Gasteiger partial charge in [0.1, 0.15) is 0 Å². The maximum atomic E-state index is 12.1. The molecule has 0 heterocycles. The highest BCUT2D eigenvalue weighted by Gasteiger charge is 2.30. The minimum Gasteiger partial charge on any atom is -0.387 e. The van der Waals surface area contributed by atoms with Gasteiger partial charge in [0.25, 0.3) is 0 Å². The standard InChI is InChI=1S/C9H8ClF3O/c10-5-8(14)6-1-3-7(4-2-6)9(11,12)13/h1-4,8,14H,5H2. The van der Waals surface area contributed by atoms with Gasteiger partial charge in [-0.25, -0.2) is 0 Å². The van der Waals surface area contributed by atoms with Crippen molar-refractivity contribution < 1.29 is 18.3 Å². The van der Waals surface area contributed by atoms with Gasteiger partial charge in [0.2, 0.25) is 0 Å². The summed E-state index contributed by atoms with van der Waals surface area (Å²) < 4.78 is 36.3. The van der Waals surface area contributed by atoms with Crippen LogP contribution in [-0.2, 0) is 6.18 Å². The van der Waals surface area contributed by atoms with Crippen LogP contribution >= 0.6 is 11.6 Å². The lowest BCUT2D eigenvalue weighted by Crippen LogP contribution is -2.05. The molecular formula is C9H8ClF3O. The predicted molar refractivity (Wildman–Crippen MR) is 47.1 cm³/mol. The Morgan fingerprint density at radius 2 is 1.71 bits per heavy atom. The monoisotopic (exact) mass is 224 g/mol. The molecule has 0 saturated carbocycles. The minimum absolute atomic E-state index is 0.0363. The average molecular weight is 225 g/mol. The van der Waals surface area contributed by atoms with E-state index in [1.165, 1.54) is 12.1 Å². The molecule has 1 aromatic rings. The summed E-state index contributed by atoms with van der Waals surface area (Å²) in [7, 11) is 0. The molecule has 1 atom stereocenters. The van der Waals surface area contributed by atoms with Gasteiger partial charge in [-0.3, -0.25) is 0 Å². The Labute approximate surface area is 84.1 Å². The van der Waals surface area contributed by atoms with Gasteiger partial charge in [-0.2, -0.15) is 13.2 Å². The first-order valence-electron chi connectivity index (χ1n) is 3.86. The average Bonchev–Trinajstić information content (AvgIpc) is 2.15. The molecule has 1 unspecified atom stereocenters. The van der Waals surface area contributed by atoms with Crippen molar-refractivity contribution in [1.29, 1.82) is 0 Å². The van der Waals surface area contributed by atoms with Crippen LogP contribution in [0.3, 0.4) is 0 Å². The van der Waals surface area contributed by atoms with E-state index in [2.05, 4.69) is 0 Å². The fourth-order valence-corrected chi connectivity index (χ4v) is 1.16.